The van der Waals surface area contributed by atoms with Gasteiger partial charge in [0, 0.05) is 24.9 Å². The maximum absolute atomic E-state index is 11.5. The molecule has 0 aliphatic heterocycles. The van der Waals surface area contributed by atoms with E-state index in [9.17, 15) is 13.2 Å². The second-order valence-corrected chi connectivity index (χ2v) is 7.65. The van der Waals surface area contributed by atoms with Crippen LogP contribution in [-0.4, -0.2) is 43.2 Å². The van der Waals surface area contributed by atoms with Crippen LogP contribution in [0.1, 0.15) is 37.8 Å². The highest BCUT2D eigenvalue weighted by Gasteiger charge is 2.32. The maximum atomic E-state index is 11.5. The SMILES string of the molecule is CC(c1ccc(S(C)(=O)=O)cc1)N(CCC(=O)O)C1CC1. The van der Waals surface area contributed by atoms with Crippen LogP contribution in [-0.2, 0) is 14.6 Å². The highest BCUT2D eigenvalue weighted by atomic mass is 32.2. The van der Waals surface area contributed by atoms with E-state index in [1.807, 2.05) is 19.1 Å². The van der Waals surface area contributed by atoms with Gasteiger partial charge < -0.3 is 5.11 Å². The average Bonchev–Trinajstić information content (AvgIpc) is 3.22. The highest BCUT2D eigenvalue weighted by molar-refractivity contribution is 7.90. The van der Waals surface area contributed by atoms with Gasteiger partial charge in [-0.3, -0.25) is 9.69 Å². The van der Waals surface area contributed by atoms with Gasteiger partial charge >= 0.3 is 5.97 Å². The zero-order valence-corrected chi connectivity index (χ0v) is 13.1. The van der Waals surface area contributed by atoms with Crippen LogP contribution in [0.15, 0.2) is 29.2 Å². The van der Waals surface area contributed by atoms with Gasteiger partial charge in [-0.05, 0) is 37.5 Å². The summed E-state index contributed by atoms with van der Waals surface area (Å²) in [6, 6.07) is 7.40. The number of nitrogens with zero attached hydrogens (tertiary/aromatic N) is 1. The molecule has 0 radical (unpaired) electrons. The van der Waals surface area contributed by atoms with Crippen molar-refractivity contribution < 1.29 is 18.3 Å². The lowest BCUT2D eigenvalue weighted by Gasteiger charge is -2.29. The summed E-state index contributed by atoms with van der Waals surface area (Å²) in [5.41, 5.74) is 1.01. The minimum atomic E-state index is -3.18. The lowest BCUT2D eigenvalue weighted by Crippen LogP contribution is -2.31. The number of hydrogen-bond donors (Lipinski definition) is 1. The molecule has 1 aromatic rings. The van der Waals surface area contributed by atoms with E-state index in [2.05, 4.69) is 4.90 Å². The Hall–Kier alpha value is -1.40. The number of hydrogen-bond acceptors (Lipinski definition) is 4. The zero-order valence-electron chi connectivity index (χ0n) is 12.3. The second kappa shape index (κ2) is 6.15. The minimum Gasteiger partial charge on any atom is -0.481 e. The van der Waals surface area contributed by atoms with Crippen molar-refractivity contribution in [2.75, 3.05) is 12.8 Å². The van der Waals surface area contributed by atoms with Gasteiger partial charge in [-0.15, -0.1) is 0 Å². The van der Waals surface area contributed by atoms with Gasteiger partial charge in [0.25, 0.3) is 0 Å². The Morgan fingerprint density at radius 2 is 1.90 bits per heavy atom. The number of carboxylic acid groups (broad SMARTS) is 1. The van der Waals surface area contributed by atoms with Crippen LogP contribution in [0.25, 0.3) is 0 Å². The predicted octanol–water partition coefficient (Wildman–Crippen LogP) is 2.09. The zero-order chi connectivity index (χ0) is 15.6. The van der Waals surface area contributed by atoms with E-state index in [4.69, 9.17) is 5.11 Å². The van der Waals surface area contributed by atoms with Crippen LogP contribution >= 0.6 is 0 Å². The van der Waals surface area contributed by atoms with Crippen molar-refractivity contribution >= 4 is 15.8 Å². The van der Waals surface area contributed by atoms with Crippen molar-refractivity contribution in [3.8, 4) is 0 Å². The molecule has 1 aliphatic carbocycles. The van der Waals surface area contributed by atoms with E-state index in [1.165, 1.54) is 6.26 Å². The molecular weight excluding hydrogens is 290 g/mol. The molecule has 5 nitrogen and oxygen atoms in total. The molecule has 0 saturated heterocycles. The minimum absolute atomic E-state index is 0.0884. The fourth-order valence-corrected chi connectivity index (χ4v) is 3.14. The lowest BCUT2D eigenvalue weighted by molar-refractivity contribution is -0.137. The molecule has 1 fully saturated rings. The average molecular weight is 311 g/mol. The van der Waals surface area contributed by atoms with Crippen LogP contribution < -0.4 is 0 Å². The second-order valence-electron chi connectivity index (χ2n) is 5.63. The molecule has 1 aromatic carbocycles. The number of benzene rings is 1. The third-order valence-electron chi connectivity index (χ3n) is 3.89. The first-order valence-electron chi connectivity index (χ1n) is 7.06. The molecule has 0 bridgehead atoms. The van der Waals surface area contributed by atoms with Crippen molar-refractivity contribution in [3.05, 3.63) is 29.8 Å². The first-order chi connectivity index (χ1) is 9.79. The monoisotopic (exact) mass is 311 g/mol. The molecule has 116 valence electrons. The quantitative estimate of drug-likeness (QED) is 0.834. The summed E-state index contributed by atoms with van der Waals surface area (Å²) in [6.07, 6.45) is 3.52. The Balaban J connectivity index is 2.13. The van der Waals surface area contributed by atoms with E-state index in [0.29, 0.717) is 17.5 Å². The third-order valence-corrected chi connectivity index (χ3v) is 5.02. The summed E-state index contributed by atoms with van der Waals surface area (Å²) in [6.45, 7) is 2.56. The standard InChI is InChI=1S/C15H21NO4S/c1-11(16(13-5-6-13)10-9-15(17)18)12-3-7-14(8-4-12)21(2,19)20/h3-4,7-8,11,13H,5-6,9-10H2,1-2H3,(H,17,18). The number of aliphatic carboxylic acids is 1. The van der Waals surface area contributed by atoms with Crippen LogP contribution in [0.2, 0.25) is 0 Å². The summed E-state index contributed by atoms with van der Waals surface area (Å²) in [5, 5.41) is 8.85. The molecule has 0 heterocycles. The van der Waals surface area contributed by atoms with Gasteiger partial charge in [0.05, 0.1) is 11.3 Å². The van der Waals surface area contributed by atoms with E-state index < -0.39 is 15.8 Å². The molecule has 2 rings (SSSR count). The van der Waals surface area contributed by atoms with Crippen molar-refractivity contribution in [1.29, 1.82) is 0 Å². The Morgan fingerprint density at radius 3 is 2.33 bits per heavy atom. The molecular formula is C15H21NO4S. The Labute approximate surface area is 125 Å². The van der Waals surface area contributed by atoms with Gasteiger partial charge in [-0.1, -0.05) is 12.1 Å². The Morgan fingerprint density at radius 1 is 1.33 bits per heavy atom. The summed E-state index contributed by atoms with van der Waals surface area (Å²) in [7, 11) is -3.18. The topological polar surface area (TPSA) is 74.7 Å². The highest BCUT2D eigenvalue weighted by Crippen LogP contribution is 2.34. The first kappa shape index (κ1) is 16.0. The number of carboxylic acids is 1. The van der Waals surface area contributed by atoms with E-state index >= 15 is 0 Å². The first-order valence-corrected chi connectivity index (χ1v) is 8.95. The normalized spacial score (nSPS) is 16.9. The van der Waals surface area contributed by atoms with E-state index in [0.717, 1.165) is 18.4 Å². The molecule has 1 saturated carbocycles. The molecule has 1 unspecified atom stereocenters. The maximum Gasteiger partial charge on any atom is 0.304 e. The van der Waals surface area contributed by atoms with Crippen molar-refractivity contribution in [1.82, 2.24) is 4.90 Å². The summed E-state index contributed by atoms with van der Waals surface area (Å²) in [4.78, 5) is 13.3. The van der Waals surface area contributed by atoms with Gasteiger partial charge in [0.15, 0.2) is 9.84 Å². The van der Waals surface area contributed by atoms with Gasteiger partial charge in [0.2, 0.25) is 0 Å². The summed E-state index contributed by atoms with van der Waals surface area (Å²) in [5.74, 6) is -0.791. The van der Waals surface area contributed by atoms with Crippen molar-refractivity contribution in [2.24, 2.45) is 0 Å². The van der Waals surface area contributed by atoms with E-state index in [1.54, 1.807) is 12.1 Å². The number of rotatable bonds is 7. The van der Waals surface area contributed by atoms with Gasteiger partial charge in [-0.25, -0.2) is 8.42 Å². The molecule has 6 heteroatoms. The van der Waals surface area contributed by atoms with E-state index in [-0.39, 0.29) is 12.5 Å². The Kier molecular flexibility index (Phi) is 4.68. The van der Waals surface area contributed by atoms with Gasteiger partial charge in [0.1, 0.15) is 0 Å². The van der Waals surface area contributed by atoms with Crippen LogP contribution in [0.5, 0.6) is 0 Å². The molecule has 21 heavy (non-hydrogen) atoms. The fraction of sp³-hybridized carbons (Fsp3) is 0.533. The molecule has 0 aromatic heterocycles. The molecule has 0 amide bonds. The van der Waals surface area contributed by atoms with Gasteiger partial charge in [-0.2, -0.15) is 0 Å². The Bertz CT molecular complexity index is 605. The lowest BCUT2D eigenvalue weighted by atomic mass is 10.1. The smallest absolute Gasteiger partial charge is 0.304 e. The third kappa shape index (κ3) is 4.28. The largest absolute Gasteiger partial charge is 0.481 e. The number of sulfone groups is 1. The molecule has 1 atom stereocenters. The van der Waals surface area contributed by atoms with Crippen LogP contribution in [0.4, 0.5) is 0 Å². The molecule has 1 aliphatic rings. The summed E-state index contributed by atoms with van der Waals surface area (Å²) < 4.78 is 22.9. The number of carbonyl (C=O) groups is 1. The van der Waals surface area contributed by atoms with Crippen molar-refractivity contribution in [3.63, 3.8) is 0 Å². The van der Waals surface area contributed by atoms with Crippen LogP contribution in [0.3, 0.4) is 0 Å². The molecule has 1 N–H and O–H groups in total. The molecule has 0 spiro atoms. The van der Waals surface area contributed by atoms with Crippen molar-refractivity contribution in [2.45, 2.75) is 43.2 Å². The van der Waals surface area contributed by atoms with Crippen LogP contribution in [0, 0.1) is 0 Å². The predicted molar refractivity (Wildman–Crippen MR) is 79.9 cm³/mol. The summed E-state index contributed by atoms with van der Waals surface area (Å²) >= 11 is 0. The fourth-order valence-electron chi connectivity index (χ4n) is 2.51.